The molecular weight excluding hydrogens is 1010 g/mol. The van der Waals surface area contributed by atoms with E-state index in [0.29, 0.717) is 0 Å². The van der Waals surface area contributed by atoms with E-state index in [9.17, 15) is 0 Å². The Labute approximate surface area is 494 Å². The maximum absolute atomic E-state index is 2.84. The first-order valence-electron chi connectivity index (χ1n) is 31.1. The van der Waals surface area contributed by atoms with Gasteiger partial charge in [-0.15, -0.1) is 0 Å². The van der Waals surface area contributed by atoms with Gasteiger partial charge in [0.1, 0.15) is 0 Å². The molecule has 0 amide bonds. The van der Waals surface area contributed by atoms with Crippen LogP contribution in [-0.2, 0) is 43.3 Å². The molecule has 81 heavy (non-hydrogen) atoms. The molecule has 0 saturated heterocycles. The number of hydrogen-bond donors (Lipinski definition) is 0. The van der Waals surface area contributed by atoms with Gasteiger partial charge in [0.15, 0.2) is 0 Å². The van der Waals surface area contributed by atoms with Crippen LogP contribution in [0.3, 0.4) is 0 Å². The molecule has 0 bridgehead atoms. The van der Waals surface area contributed by atoms with E-state index in [1.165, 1.54) is 145 Å². The molecule has 1 aromatic heterocycles. The third kappa shape index (κ3) is 8.41. The van der Waals surface area contributed by atoms with Gasteiger partial charge in [0.25, 0.3) is 6.71 Å². The van der Waals surface area contributed by atoms with Crippen LogP contribution in [0.2, 0.25) is 19.6 Å². The SMILES string of the molecule is CC1(C)CCC(C)(C)c2cc(N3c4cc5c(cc4B4c6sc7c(c6N(c6ccc8c(c6)C(C)(C)CCC8(C)C)c6cc(N(c8ccccc8)c8ccc([Si](C)(C)C)cc8)cc3c64)C(C)(C)CCC7(C)C)C(C)(C)CCC5(C)C)ccc21. The van der Waals surface area contributed by atoms with E-state index < -0.39 is 8.07 Å². The summed E-state index contributed by atoms with van der Waals surface area (Å²) in [6.45, 7) is 47.7. The third-order valence-corrected chi connectivity index (χ3v) is 25.6. The van der Waals surface area contributed by atoms with Crippen LogP contribution >= 0.6 is 11.3 Å². The molecule has 13 rings (SSSR count). The molecule has 0 saturated carbocycles. The Bertz CT molecular complexity index is 3730. The van der Waals surface area contributed by atoms with Crippen molar-refractivity contribution in [3.63, 3.8) is 0 Å². The minimum atomic E-state index is -1.59. The molecule has 6 aromatic carbocycles. The zero-order valence-electron chi connectivity index (χ0n) is 53.0. The van der Waals surface area contributed by atoms with Gasteiger partial charge in [-0.1, -0.05) is 184 Å². The smallest absolute Gasteiger partial charge is 0.264 e. The van der Waals surface area contributed by atoms with Gasteiger partial charge in [-0.05, 0) is 211 Å². The van der Waals surface area contributed by atoms with Gasteiger partial charge in [-0.2, -0.15) is 11.3 Å². The second-order valence-corrected chi connectivity index (χ2v) is 38.6. The summed E-state index contributed by atoms with van der Waals surface area (Å²) >= 11 is 2.17. The molecule has 6 aliphatic rings. The first-order valence-corrected chi connectivity index (χ1v) is 35.4. The quantitative estimate of drug-likeness (QED) is 0.154. The van der Waals surface area contributed by atoms with E-state index in [-0.39, 0.29) is 50.0 Å². The molecule has 3 nitrogen and oxygen atoms in total. The van der Waals surface area contributed by atoms with E-state index >= 15 is 0 Å². The topological polar surface area (TPSA) is 9.72 Å². The fourth-order valence-electron chi connectivity index (χ4n) is 16.1. The normalized spacial score (nSPS) is 21.3. The van der Waals surface area contributed by atoms with Crippen LogP contribution in [0.4, 0.5) is 51.2 Å². The Hall–Kier alpha value is -5.30. The summed E-state index contributed by atoms with van der Waals surface area (Å²) in [7, 11) is -1.59. The Morgan fingerprint density at radius 3 is 1.36 bits per heavy atom. The highest BCUT2D eigenvalue weighted by atomic mass is 32.1. The lowest BCUT2D eigenvalue weighted by molar-refractivity contribution is 0.332. The summed E-state index contributed by atoms with van der Waals surface area (Å²) in [5.41, 5.74) is 25.3. The molecule has 0 N–H and O–H groups in total. The van der Waals surface area contributed by atoms with Gasteiger partial charge >= 0.3 is 0 Å². The van der Waals surface area contributed by atoms with Crippen LogP contribution in [0.1, 0.15) is 206 Å². The first-order chi connectivity index (χ1) is 37.7. The zero-order chi connectivity index (χ0) is 57.7. The second-order valence-electron chi connectivity index (χ2n) is 32.5. The Morgan fingerprint density at radius 1 is 0.407 bits per heavy atom. The van der Waals surface area contributed by atoms with Crippen molar-refractivity contribution in [1.82, 2.24) is 0 Å². The van der Waals surface area contributed by atoms with Crippen molar-refractivity contribution in [2.75, 3.05) is 14.7 Å². The highest BCUT2D eigenvalue weighted by Crippen LogP contribution is 2.59. The van der Waals surface area contributed by atoms with Gasteiger partial charge < -0.3 is 14.7 Å². The Morgan fingerprint density at radius 2 is 0.840 bits per heavy atom. The van der Waals surface area contributed by atoms with Crippen LogP contribution in [0.25, 0.3) is 0 Å². The van der Waals surface area contributed by atoms with Crippen LogP contribution in [0.5, 0.6) is 0 Å². The third-order valence-electron chi connectivity index (χ3n) is 22.0. The second kappa shape index (κ2) is 17.6. The van der Waals surface area contributed by atoms with Crippen molar-refractivity contribution in [3.8, 4) is 0 Å². The molecule has 0 unspecified atom stereocenters. The van der Waals surface area contributed by atoms with Crippen LogP contribution in [-0.4, -0.2) is 14.8 Å². The van der Waals surface area contributed by atoms with Gasteiger partial charge in [-0.3, -0.25) is 0 Å². The molecule has 0 spiro atoms. The first kappa shape index (κ1) is 54.9. The number of rotatable bonds is 6. The molecule has 0 atom stereocenters. The van der Waals surface area contributed by atoms with Crippen LogP contribution < -0.4 is 35.6 Å². The lowest BCUT2D eigenvalue weighted by Crippen LogP contribution is -2.61. The summed E-state index contributed by atoms with van der Waals surface area (Å²) < 4.78 is 1.52. The Kier molecular flexibility index (Phi) is 12.0. The maximum atomic E-state index is 2.84. The predicted molar refractivity (Wildman–Crippen MR) is 357 cm³/mol. The molecule has 6 heteroatoms. The highest BCUT2D eigenvalue weighted by molar-refractivity contribution is 7.29. The fourth-order valence-corrected chi connectivity index (χ4v) is 19.0. The van der Waals surface area contributed by atoms with Gasteiger partial charge in [0.05, 0.1) is 19.4 Å². The number of fused-ring (bicyclic) bond motifs is 9. The van der Waals surface area contributed by atoms with Gasteiger partial charge in [0.2, 0.25) is 0 Å². The van der Waals surface area contributed by atoms with Crippen molar-refractivity contribution in [2.45, 2.75) is 225 Å². The minimum absolute atomic E-state index is 0.0201. The van der Waals surface area contributed by atoms with E-state index in [4.69, 9.17) is 0 Å². The van der Waals surface area contributed by atoms with Crippen molar-refractivity contribution in [2.24, 2.45) is 0 Å². The van der Waals surface area contributed by atoms with E-state index in [1.807, 2.05) is 0 Å². The van der Waals surface area contributed by atoms with Gasteiger partial charge in [0, 0.05) is 49.5 Å². The summed E-state index contributed by atoms with van der Waals surface area (Å²) in [4.78, 5) is 9.78. The van der Waals surface area contributed by atoms with E-state index in [2.05, 4.69) is 272 Å². The molecule has 0 fully saturated rings. The lowest BCUT2D eigenvalue weighted by atomic mass is 9.35. The molecule has 0 radical (unpaired) electrons. The van der Waals surface area contributed by atoms with Crippen LogP contribution in [0.15, 0.2) is 115 Å². The average molecular weight is 1110 g/mol. The number of thiophene rings is 1. The van der Waals surface area contributed by atoms with Crippen molar-refractivity contribution >= 4 is 98.2 Å². The molecule has 4 aliphatic carbocycles. The number of anilines is 9. The number of nitrogens with zero attached hydrogens (tertiary/aromatic N) is 3. The number of hydrogen-bond acceptors (Lipinski definition) is 4. The summed E-state index contributed by atoms with van der Waals surface area (Å²) in [6.07, 6.45) is 9.39. The van der Waals surface area contributed by atoms with Crippen LogP contribution in [0, 0.1) is 0 Å². The highest BCUT2D eigenvalue weighted by Gasteiger charge is 2.53. The number of benzene rings is 6. The largest absolute Gasteiger partial charge is 0.311 e. The predicted octanol–water partition coefficient (Wildman–Crippen LogP) is 19.2. The number of para-hydroxylation sites is 1. The average Bonchev–Trinajstić information content (AvgIpc) is 2.36. The summed E-state index contributed by atoms with van der Waals surface area (Å²) in [5, 5.41) is 1.48. The van der Waals surface area contributed by atoms with Crippen molar-refractivity contribution in [1.29, 1.82) is 0 Å². The molecule has 7 aromatic rings. The monoisotopic (exact) mass is 1110 g/mol. The molecule has 3 heterocycles. The van der Waals surface area contributed by atoms with Gasteiger partial charge in [-0.25, -0.2) is 0 Å². The summed E-state index contributed by atoms with van der Waals surface area (Å²) in [6, 6.07) is 47.1. The van der Waals surface area contributed by atoms with Crippen molar-refractivity contribution in [3.05, 3.63) is 159 Å². The molecule has 2 aliphatic heterocycles. The van der Waals surface area contributed by atoms with E-state index in [1.54, 1.807) is 10.4 Å². The molecular formula is C75H92BN3SSi. The summed E-state index contributed by atoms with van der Waals surface area (Å²) in [5.74, 6) is 0. The zero-order valence-corrected chi connectivity index (χ0v) is 54.8. The maximum Gasteiger partial charge on any atom is 0.264 e. The minimum Gasteiger partial charge on any atom is -0.311 e. The standard InChI is InChI=1S/C75H92BN3SSi/c1-68(2)33-35-70(5,6)55-41-49(27-31-53(55)68)78-60-46-58-57(72(9,10)37-38-73(58,11)12)45-59(60)76-64-61(78)43-51(77(47-23-21-20-22-24-47)48-25-29-52(30-26-48)81(17,18)19)44-62(64)79(50-28-32-54-56(42-50)71(7,8)36-34-69(54,3)4)65-63-66(80-67(65)76)75(15,16)40-39-74(63,13)14/h20-32,41-46H,33-40H2,1-19H3. The lowest BCUT2D eigenvalue weighted by Gasteiger charge is -2.48. The van der Waals surface area contributed by atoms with Crippen molar-refractivity contribution < 1.29 is 0 Å². The molecule has 420 valence electrons. The fraction of sp³-hybridized carbons (Fsp3) is 0.467. The van der Waals surface area contributed by atoms with E-state index in [0.717, 1.165) is 12.1 Å². The Balaban J connectivity index is 1.21.